The van der Waals surface area contributed by atoms with Crippen LogP contribution >= 0.6 is 0 Å². The summed E-state index contributed by atoms with van der Waals surface area (Å²) < 4.78 is 20.5. The lowest BCUT2D eigenvalue weighted by molar-refractivity contribution is -0.147. The normalized spacial score (nSPS) is 10.0. The quantitative estimate of drug-likeness (QED) is 0.681. The molecule has 0 aliphatic carbocycles. The average Bonchev–Trinajstić information content (AvgIpc) is 2.71. The molecule has 1 N–H and O–H groups in total. The summed E-state index contributed by atoms with van der Waals surface area (Å²) in [4.78, 5) is 23.7. The van der Waals surface area contributed by atoms with Gasteiger partial charge in [-0.15, -0.1) is 0 Å². The number of benzene rings is 2. The first-order chi connectivity index (χ1) is 13.0. The second-order valence-corrected chi connectivity index (χ2v) is 5.63. The zero-order valence-electron chi connectivity index (χ0n) is 15.6. The molecule has 0 heterocycles. The van der Waals surface area contributed by atoms with Gasteiger partial charge in [-0.1, -0.05) is 6.07 Å². The number of anilines is 1. The maximum Gasteiger partial charge on any atom is 0.306 e. The van der Waals surface area contributed by atoms with E-state index in [0.717, 1.165) is 5.56 Å². The Morgan fingerprint density at radius 1 is 0.889 bits per heavy atom. The van der Waals surface area contributed by atoms with E-state index in [1.165, 1.54) is 0 Å². The van der Waals surface area contributed by atoms with Crippen LogP contribution in [0.5, 0.6) is 17.2 Å². The Morgan fingerprint density at radius 2 is 1.59 bits per heavy atom. The molecule has 0 bridgehead atoms. The van der Waals surface area contributed by atoms with E-state index in [1.807, 2.05) is 12.1 Å². The van der Waals surface area contributed by atoms with Gasteiger partial charge in [-0.25, -0.2) is 0 Å². The summed E-state index contributed by atoms with van der Waals surface area (Å²) in [6, 6.07) is 12.3. The predicted molar refractivity (Wildman–Crippen MR) is 100 cm³/mol. The maximum atomic E-state index is 11.9. The molecule has 0 saturated carbocycles. The van der Waals surface area contributed by atoms with Gasteiger partial charge < -0.3 is 24.3 Å². The molecule has 7 heteroatoms. The molecule has 144 valence electrons. The number of carbonyl (C=O) groups is 2. The minimum Gasteiger partial charge on any atom is -0.497 e. The molecule has 0 aliphatic heterocycles. The van der Waals surface area contributed by atoms with Crippen LogP contribution in [0.1, 0.15) is 12.0 Å². The maximum absolute atomic E-state index is 11.9. The van der Waals surface area contributed by atoms with Crippen LogP contribution in [-0.2, 0) is 20.7 Å². The molecule has 1 amide bonds. The smallest absolute Gasteiger partial charge is 0.306 e. The van der Waals surface area contributed by atoms with E-state index in [-0.39, 0.29) is 13.0 Å². The van der Waals surface area contributed by atoms with Gasteiger partial charge in [0.2, 0.25) is 0 Å². The van der Waals surface area contributed by atoms with Gasteiger partial charge in [-0.05, 0) is 48.4 Å². The highest BCUT2D eigenvalue weighted by atomic mass is 16.5. The van der Waals surface area contributed by atoms with E-state index in [0.29, 0.717) is 29.4 Å². The highest BCUT2D eigenvalue weighted by Crippen LogP contribution is 2.28. The van der Waals surface area contributed by atoms with Crippen LogP contribution in [0.15, 0.2) is 42.5 Å². The molecule has 7 nitrogen and oxygen atoms in total. The zero-order valence-corrected chi connectivity index (χ0v) is 15.6. The van der Waals surface area contributed by atoms with E-state index in [4.69, 9.17) is 18.9 Å². The topological polar surface area (TPSA) is 83.1 Å². The second-order valence-electron chi connectivity index (χ2n) is 5.63. The molecule has 0 aliphatic rings. The summed E-state index contributed by atoms with van der Waals surface area (Å²) in [5.74, 6) is 1.06. The molecule has 0 unspecified atom stereocenters. The molecule has 0 radical (unpaired) electrons. The van der Waals surface area contributed by atoms with Gasteiger partial charge in [0.05, 0.1) is 21.3 Å². The lowest BCUT2D eigenvalue weighted by Gasteiger charge is -2.10. The van der Waals surface area contributed by atoms with Crippen LogP contribution in [0.25, 0.3) is 0 Å². The van der Waals surface area contributed by atoms with Gasteiger partial charge in [0.1, 0.15) is 5.75 Å². The van der Waals surface area contributed by atoms with Crippen LogP contribution in [0.4, 0.5) is 5.69 Å². The van der Waals surface area contributed by atoms with Crippen molar-refractivity contribution in [2.24, 2.45) is 0 Å². The number of carbonyl (C=O) groups excluding carboxylic acids is 2. The number of rotatable bonds is 9. The van der Waals surface area contributed by atoms with Crippen molar-refractivity contribution in [3.63, 3.8) is 0 Å². The van der Waals surface area contributed by atoms with Crippen molar-refractivity contribution in [2.75, 3.05) is 33.3 Å². The van der Waals surface area contributed by atoms with E-state index in [9.17, 15) is 9.59 Å². The Balaban J connectivity index is 1.76. The third-order valence-corrected chi connectivity index (χ3v) is 3.80. The molecular formula is C20H23NO6. The van der Waals surface area contributed by atoms with Crippen LogP contribution in [0, 0.1) is 0 Å². The van der Waals surface area contributed by atoms with Gasteiger partial charge in [-0.2, -0.15) is 0 Å². The van der Waals surface area contributed by atoms with Crippen molar-refractivity contribution in [1.82, 2.24) is 0 Å². The lowest BCUT2D eigenvalue weighted by Crippen LogP contribution is -2.21. The number of nitrogens with one attached hydrogen (secondary N) is 1. The number of esters is 1. The Morgan fingerprint density at radius 3 is 2.22 bits per heavy atom. The number of methoxy groups -OCH3 is 3. The molecule has 0 aromatic heterocycles. The van der Waals surface area contributed by atoms with Gasteiger partial charge >= 0.3 is 5.97 Å². The largest absolute Gasteiger partial charge is 0.497 e. The molecule has 0 saturated heterocycles. The van der Waals surface area contributed by atoms with Crippen molar-refractivity contribution in [1.29, 1.82) is 0 Å². The summed E-state index contributed by atoms with van der Waals surface area (Å²) in [5.41, 5.74) is 1.51. The third-order valence-electron chi connectivity index (χ3n) is 3.80. The summed E-state index contributed by atoms with van der Waals surface area (Å²) in [6.45, 7) is -0.337. The number of amides is 1. The first-order valence-corrected chi connectivity index (χ1v) is 8.36. The van der Waals surface area contributed by atoms with Gasteiger partial charge in [-0.3, -0.25) is 9.59 Å². The molecular weight excluding hydrogens is 350 g/mol. The van der Waals surface area contributed by atoms with Crippen molar-refractivity contribution < 1.29 is 28.5 Å². The standard InChI is InChI=1S/C20H23NO6/c1-24-16-8-6-15(7-9-16)21-19(22)13-27-20(23)11-5-14-4-10-17(25-2)18(12-14)26-3/h4,6-10,12H,5,11,13H2,1-3H3,(H,21,22). The SMILES string of the molecule is COc1ccc(NC(=O)COC(=O)CCc2ccc(OC)c(OC)c2)cc1. The number of aryl methyl sites for hydroxylation is 1. The molecule has 27 heavy (non-hydrogen) atoms. The van der Waals surface area contributed by atoms with E-state index < -0.39 is 11.9 Å². The summed E-state index contributed by atoms with van der Waals surface area (Å²) in [5, 5.41) is 2.65. The number of ether oxygens (including phenoxy) is 4. The Bertz CT molecular complexity index is 773. The van der Waals surface area contributed by atoms with Crippen LogP contribution in [0.3, 0.4) is 0 Å². The first-order valence-electron chi connectivity index (χ1n) is 8.36. The third kappa shape index (κ3) is 6.22. The van der Waals surface area contributed by atoms with Crippen LogP contribution in [0.2, 0.25) is 0 Å². The molecule has 0 fully saturated rings. The fourth-order valence-corrected chi connectivity index (χ4v) is 2.37. The Kier molecular flexibility index (Phi) is 7.49. The molecule has 2 aromatic rings. The number of hydrogen-bond acceptors (Lipinski definition) is 6. The van der Waals surface area contributed by atoms with E-state index in [1.54, 1.807) is 51.7 Å². The number of hydrogen-bond donors (Lipinski definition) is 1. The van der Waals surface area contributed by atoms with E-state index >= 15 is 0 Å². The Hall–Kier alpha value is -3.22. The monoisotopic (exact) mass is 373 g/mol. The molecule has 2 aromatic carbocycles. The van der Waals surface area contributed by atoms with Crippen LogP contribution < -0.4 is 19.5 Å². The van der Waals surface area contributed by atoms with Gasteiger partial charge in [0.15, 0.2) is 18.1 Å². The highest BCUT2D eigenvalue weighted by molar-refractivity contribution is 5.92. The summed E-state index contributed by atoms with van der Waals surface area (Å²) >= 11 is 0. The fourth-order valence-electron chi connectivity index (χ4n) is 2.37. The lowest BCUT2D eigenvalue weighted by atomic mass is 10.1. The highest BCUT2D eigenvalue weighted by Gasteiger charge is 2.10. The second kappa shape index (κ2) is 10.1. The fraction of sp³-hybridized carbons (Fsp3) is 0.300. The van der Waals surface area contributed by atoms with Crippen molar-refractivity contribution >= 4 is 17.6 Å². The van der Waals surface area contributed by atoms with Crippen molar-refractivity contribution in [3.8, 4) is 17.2 Å². The van der Waals surface area contributed by atoms with E-state index in [2.05, 4.69) is 5.32 Å². The van der Waals surface area contributed by atoms with Crippen molar-refractivity contribution in [3.05, 3.63) is 48.0 Å². The minimum atomic E-state index is -0.449. The summed E-state index contributed by atoms with van der Waals surface area (Å²) in [6.07, 6.45) is 0.630. The summed E-state index contributed by atoms with van der Waals surface area (Å²) in [7, 11) is 4.68. The zero-order chi connectivity index (χ0) is 19.6. The molecule has 0 atom stereocenters. The van der Waals surface area contributed by atoms with Crippen LogP contribution in [-0.4, -0.2) is 39.8 Å². The van der Waals surface area contributed by atoms with Gasteiger partial charge in [0, 0.05) is 12.1 Å². The average molecular weight is 373 g/mol. The first kappa shape index (κ1) is 20.1. The Labute approximate surface area is 158 Å². The van der Waals surface area contributed by atoms with Crippen molar-refractivity contribution in [2.45, 2.75) is 12.8 Å². The molecule has 2 rings (SSSR count). The van der Waals surface area contributed by atoms with Gasteiger partial charge in [0.25, 0.3) is 5.91 Å². The molecule has 0 spiro atoms. The minimum absolute atomic E-state index is 0.158. The predicted octanol–water partition coefficient (Wildman–Crippen LogP) is 2.83.